The van der Waals surface area contributed by atoms with Gasteiger partial charge in [-0.05, 0) is 18.8 Å². The van der Waals surface area contributed by atoms with E-state index in [0.717, 1.165) is 31.8 Å². The van der Waals surface area contributed by atoms with Crippen molar-refractivity contribution in [2.45, 2.75) is 65.3 Å². The van der Waals surface area contributed by atoms with Gasteiger partial charge in [0.05, 0.1) is 12.7 Å². The van der Waals surface area contributed by atoms with Crippen molar-refractivity contribution in [2.24, 2.45) is 5.92 Å². The van der Waals surface area contributed by atoms with Gasteiger partial charge < -0.3 is 9.47 Å². The highest BCUT2D eigenvalue weighted by Crippen LogP contribution is 2.22. The number of hydrogen-bond donors (Lipinski definition) is 0. The molecule has 0 aromatic carbocycles. The molecule has 0 bridgehead atoms. The fourth-order valence-electron chi connectivity index (χ4n) is 2.08. The third-order valence-corrected chi connectivity index (χ3v) is 2.78. The summed E-state index contributed by atoms with van der Waals surface area (Å²) in [7, 11) is 0. The van der Waals surface area contributed by atoms with Crippen LogP contribution in [0.15, 0.2) is 0 Å². The predicted octanol–water partition coefficient (Wildman–Crippen LogP) is 3.35. The summed E-state index contributed by atoms with van der Waals surface area (Å²) < 4.78 is 11.4. The molecule has 0 aromatic heterocycles. The van der Waals surface area contributed by atoms with Gasteiger partial charge in [-0.2, -0.15) is 0 Å². The maximum absolute atomic E-state index is 5.80. The van der Waals surface area contributed by atoms with Gasteiger partial charge in [0.2, 0.25) is 0 Å². The lowest BCUT2D eigenvalue weighted by atomic mass is 9.99. The van der Waals surface area contributed by atoms with Gasteiger partial charge >= 0.3 is 0 Å². The van der Waals surface area contributed by atoms with E-state index in [1.807, 2.05) is 0 Å². The second kappa shape index (κ2) is 6.41. The highest BCUT2D eigenvalue weighted by atomic mass is 16.7. The number of rotatable bonds is 6. The second-order valence-corrected chi connectivity index (χ2v) is 4.44. The molecule has 1 unspecified atom stereocenters. The standard InChI is InChI=1S/C12H24O2/c1-4-6-10(3)8-11-9-13-12(14-11)7-5-2/h10-12H,4-9H2,1-3H3/t10-,11-,12?/m1/s1. The highest BCUT2D eigenvalue weighted by molar-refractivity contribution is 4.68. The van der Waals surface area contributed by atoms with Crippen LogP contribution in [-0.2, 0) is 9.47 Å². The zero-order chi connectivity index (χ0) is 10.4. The molecule has 0 radical (unpaired) electrons. The summed E-state index contributed by atoms with van der Waals surface area (Å²) in [6, 6.07) is 0. The van der Waals surface area contributed by atoms with Gasteiger partial charge in [-0.15, -0.1) is 0 Å². The Balaban J connectivity index is 2.15. The molecule has 1 rings (SSSR count). The number of ether oxygens (including phenoxy) is 2. The van der Waals surface area contributed by atoms with Gasteiger partial charge in [-0.3, -0.25) is 0 Å². The van der Waals surface area contributed by atoms with Gasteiger partial charge in [0.1, 0.15) is 0 Å². The minimum Gasteiger partial charge on any atom is -0.350 e. The van der Waals surface area contributed by atoms with Crippen molar-refractivity contribution in [3.8, 4) is 0 Å². The largest absolute Gasteiger partial charge is 0.350 e. The first-order valence-corrected chi connectivity index (χ1v) is 6.03. The Labute approximate surface area is 88.0 Å². The Morgan fingerprint density at radius 1 is 1.29 bits per heavy atom. The number of hydrogen-bond acceptors (Lipinski definition) is 2. The molecule has 2 heteroatoms. The summed E-state index contributed by atoms with van der Waals surface area (Å²) in [5, 5.41) is 0. The van der Waals surface area contributed by atoms with Crippen molar-refractivity contribution in [1.82, 2.24) is 0 Å². The van der Waals surface area contributed by atoms with Gasteiger partial charge in [-0.1, -0.05) is 40.0 Å². The lowest BCUT2D eigenvalue weighted by Gasteiger charge is -2.15. The van der Waals surface area contributed by atoms with Crippen LogP contribution in [0.2, 0.25) is 0 Å². The molecular weight excluding hydrogens is 176 g/mol. The maximum atomic E-state index is 5.80. The van der Waals surface area contributed by atoms with E-state index < -0.39 is 0 Å². The minimum absolute atomic E-state index is 0.0822. The molecule has 1 aliphatic heterocycles. The lowest BCUT2D eigenvalue weighted by molar-refractivity contribution is -0.0648. The van der Waals surface area contributed by atoms with Crippen LogP contribution in [0.1, 0.15) is 52.9 Å². The smallest absolute Gasteiger partial charge is 0.158 e. The topological polar surface area (TPSA) is 18.5 Å². The maximum Gasteiger partial charge on any atom is 0.158 e. The first-order valence-electron chi connectivity index (χ1n) is 6.03. The van der Waals surface area contributed by atoms with Crippen molar-refractivity contribution in [1.29, 1.82) is 0 Å². The van der Waals surface area contributed by atoms with E-state index in [1.54, 1.807) is 0 Å². The van der Waals surface area contributed by atoms with Crippen LogP contribution in [0, 0.1) is 5.92 Å². The average molecular weight is 200 g/mol. The predicted molar refractivity (Wildman–Crippen MR) is 58.2 cm³/mol. The Morgan fingerprint density at radius 2 is 2.07 bits per heavy atom. The van der Waals surface area contributed by atoms with Crippen LogP contribution in [0.5, 0.6) is 0 Å². The van der Waals surface area contributed by atoms with E-state index in [4.69, 9.17) is 9.47 Å². The molecule has 0 aliphatic carbocycles. The summed E-state index contributed by atoms with van der Waals surface area (Å²) in [5.74, 6) is 0.772. The molecule has 0 N–H and O–H groups in total. The lowest BCUT2D eigenvalue weighted by Crippen LogP contribution is -2.15. The Bertz CT molecular complexity index is 147. The normalized spacial score (nSPS) is 29.4. The van der Waals surface area contributed by atoms with Gasteiger partial charge in [-0.25, -0.2) is 0 Å². The molecule has 2 nitrogen and oxygen atoms in total. The van der Waals surface area contributed by atoms with Crippen LogP contribution < -0.4 is 0 Å². The molecule has 84 valence electrons. The third kappa shape index (κ3) is 3.97. The molecule has 0 saturated carbocycles. The van der Waals surface area contributed by atoms with Crippen LogP contribution in [0.25, 0.3) is 0 Å². The highest BCUT2D eigenvalue weighted by Gasteiger charge is 2.26. The van der Waals surface area contributed by atoms with Crippen molar-refractivity contribution >= 4 is 0 Å². The summed E-state index contributed by atoms with van der Waals surface area (Å²) >= 11 is 0. The van der Waals surface area contributed by atoms with E-state index in [-0.39, 0.29) is 6.29 Å². The van der Waals surface area contributed by atoms with Crippen molar-refractivity contribution in [3.63, 3.8) is 0 Å². The molecule has 14 heavy (non-hydrogen) atoms. The molecule has 1 aliphatic rings. The second-order valence-electron chi connectivity index (χ2n) is 4.44. The summed E-state index contributed by atoms with van der Waals surface area (Å²) in [6.07, 6.45) is 6.35. The fraction of sp³-hybridized carbons (Fsp3) is 1.00. The molecule has 0 spiro atoms. The Morgan fingerprint density at radius 3 is 2.71 bits per heavy atom. The van der Waals surface area contributed by atoms with E-state index in [1.165, 1.54) is 12.8 Å². The summed E-state index contributed by atoms with van der Waals surface area (Å²) in [5.41, 5.74) is 0. The monoisotopic (exact) mass is 200 g/mol. The molecule has 0 amide bonds. The fourth-order valence-corrected chi connectivity index (χ4v) is 2.08. The third-order valence-electron chi connectivity index (χ3n) is 2.78. The van der Waals surface area contributed by atoms with Gasteiger partial charge in [0, 0.05) is 0 Å². The summed E-state index contributed by atoms with van der Waals surface area (Å²) in [6.45, 7) is 7.51. The van der Waals surface area contributed by atoms with E-state index in [2.05, 4.69) is 20.8 Å². The van der Waals surface area contributed by atoms with Crippen LogP contribution in [-0.4, -0.2) is 19.0 Å². The minimum atomic E-state index is 0.0822. The van der Waals surface area contributed by atoms with Crippen molar-refractivity contribution in [3.05, 3.63) is 0 Å². The van der Waals surface area contributed by atoms with Crippen LogP contribution in [0.4, 0.5) is 0 Å². The van der Waals surface area contributed by atoms with Gasteiger partial charge in [0.15, 0.2) is 6.29 Å². The zero-order valence-corrected chi connectivity index (χ0v) is 9.79. The molecular formula is C12H24O2. The first kappa shape index (κ1) is 12.0. The Kier molecular flexibility index (Phi) is 5.49. The van der Waals surface area contributed by atoms with E-state index >= 15 is 0 Å². The first-order chi connectivity index (χ1) is 6.76. The van der Waals surface area contributed by atoms with Crippen LogP contribution >= 0.6 is 0 Å². The van der Waals surface area contributed by atoms with E-state index in [0.29, 0.717) is 6.10 Å². The SMILES string of the molecule is CCCC1OC[C@@H](C[C@H](C)CCC)O1. The van der Waals surface area contributed by atoms with E-state index in [9.17, 15) is 0 Å². The molecule has 3 atom stereocenters. The van der Waals surface area contributed by atoms with Crippen LogP contribution in [0.3, 0.4) is 0 Å². The molecule has 1 saturated heterocycles. The van der Waals surface area contributed by atoms with Crippen molar-refractivity contribution in [2.75, 3.05) is 6.61 Å². The average Bonchev–Trinajstić information content (AvgIpc) is 2.53. The molecule has 0 aromatic rings. The zero-order valence-electron chi connectivity index (χ0n) is 9.79. The van der Waals surface area contributed by atoms with Gasteiger partial charge in [0.25, 0.3) is 0 Å². The summed E-state index contributed by atoms with van der Waals surface area (Å²) in [4.78, 5) is 0. The Hall–Kier alpha value is -0.0800. The molecule has 1 heterocycles. The molecule has 1 fully saturated rings. The van der Waals surface area contributed by atoms with Crippen molar-refractivity contribution < 1.29 is 9.47 Å². The quantitative estimate of drug-likeness (QED) is 0.654.